The first kappa shape index (κ1) is 13.5. The van der Waals surface area contributed by atoms with E-state index < -0.39 is 0 Å². The fraction of sp³-hybridized carbons (Fsp3) is 0.400. The predicted molar refractivity (Wildman–Crippen MR) is 79.0 cm³/mol. The van der Waals surface area contributed by atoms with E-state index in [0.29, 0.717) is 5.69 Å². The van der Waals surface area contributed by atoms with E-state index in [1.54, 1.807) is 4.68 Å². The summed E-state index contributed by atoms with van der Waals surface area (Å²) < 4.78 is 3.68. The van der Waals surface area contributed by atoms with Crippen LogP contribution in [0.4, 0.5) is 5.69 Å². The van der Waals surface area contributed by atoms with E-state index in [1.807, 2.05) is 50.6 Å². The summed E-state index contributed by atoms with van der Waals surface area (Å²) in [6.07, 6.45) is 0.757. The largest absolute Gasteiger partial charge is 0.393 e. The molecule has 0 fully saturated rings. The van der Waals surface area contributed by atoms with E-state index in [2.05, 4.69) is 0 Å². The Labute approximate surface area is 113 Å². The van der Waals surface area contributed by atoms with Gasteiger partial charge in [0.2, 0.25) is 0 Å². The first-order chi connectivity index (χ1) is 9.01. The van der Waals surface area contributed by atoms with Crippen molar-refractivity contribution in [1.82, 2.24) is 9.36 Å². The number of nitrogens with two attached hydrogens (primary N) is 1. The Bertz CT molecular complexity index is 665. The minimum absolute atomic E-state index is 0.118. The van der Waals surface area contributed by atoms with Crippen LogP contribution in [0, 0.1) is 13.8 Å². The van der Waals surface area contributed by atoms with Crippen LogP contribution in [0.1, 0.15) is 30.7 Å². The molecule has 2 rings (SSSR count). The summed E-state index contributed by atoms with van der Waals surface area (Å²) in [6, 6.07) is 6.11. The molecule has 0 saturated carbocycles. The molecule has 0 saturated heterocycles. The van der Waals surface area contributed by atoms with Gasteiger partial charge in [0.05, 0.1) is 11.4 Å². The van der Waals surface area contributed by atoms with Crippen molar-refractivity contribution in [3.63, 3.8) is 0 Å². The number of benzene rings is 1. The Kier molecular flexibility index (Phi) is 3.51. The number of aromatic nitrogens is 2. The maximum Gasteiger partial charge on any atom is 0.294 e. The van der Waals surface area contributed by atoms with E-state index in [9.17, 15) is 4.79 Å². The highest BCUT2D eigenvalue weighted by Gasteiger charge is 2.17. The summed E-state index contributed by atoms with van der Waals surface area (Å²) in [5, 5.41) is 0. The van der Waals surface area contributed by atoms with Crippen molar-refractivity contribution >= 4 is 5.69 Å². The van der Waals surface area contributed by atoms with Crippen molar-refractivity contribution < 1.29 is 0 Å². The lowest BCUT2D eigenvalue weighted by Crippen LogP contribution is -2.23. The zero-order valence-corrected chi connectivity index (χ0v) is 12.0. The molecule has 0 aliphatic heterocycles. The molecule has 0 radical (unpaired) electrons. The fourth-order valence-electron chi connectivity index (χ4n) is 2.50. The fourth-order valence-corrected chi connectivity index (χ4v) is 2.50. The van der Waals surface area contributed by atoms with Crippen LogP contribution in [-0.2, 0) is 13.0 Å². The number of aryl methyl sites for hydroxylation is 2. The Balaban J connectivity index is 2.82. The summed E-state index contributed by atoms with van der Waals surface area (Å²) in [5.74, 6) is 0. The van der Waals surface area contributed by atoms with Gasteiger partial charge < -0.3 is 5.73 Å². The quantitative estimate of drug-likeness (QED) is 0.920. The molecular formula is C15H21N3O. The highest BCUT2D eigenvalue weighted by molar-refractivity contribution is 5.49. The van der Waals surface area contributed by atoms with Crippen LogP contribution in [0.15, 0.2) is 23.0 Å². The minimum atomic E-state index is -0.118. The molecule has 0 atom stereocenters. The maximum absolute atomic E-state index is 12.4. The van der Waals surface area contributed by atoms with Crippen molar-refractivity contribution in [2.75, 3.05) is 5.73 Å². The molecule has 1 heterocycles. The molecular weight excluding hydrogens is 238 g/mol. The van der Waals surface area contributed by atoms with E-state index >= 15 is 0 Å². The molecule has 0 aliphatic carbocycles. The Morgan fingerprint density at radius 2 is 1.89 bits per heavy atom. The second kappa shape index (κ2) is 4.96. The molecule has 2 N–H and O–H groups in total. The van der Waals surface area contributed by atoms with E-state index in [4.69, 9.17) is 5.73 Å². The predicted octanol–water partition coefficient (Wildman–Crippen LogP) is 2.42. The Morgan fingerprint density at radius 1 is 1.21 bits per heavy atom. The normalized spacial score (nSPS) is 10.9. The van der Waals surface area contributed by atoms with E-state index in [-0.39, 0.29) is 5.56 Å². The molecule has 0 amide bonds. The van der Waals surface area contributed by atoms with Gasteiger partial charge in [0.1, 0.15) is 5.69 Å². The molecule has 0 bridgehead atoms. The summed E-state index contributed by atoms with van der Waals surface area (Å²) in [5.41, 5.74) is 10.2. The van der Waals surface area contributed by atoms with Crippen molar-refractivity contribution in [3.8, 4) is 5.69 Å². The highest BCUT2D eigenvalue weighted by atomic mass is 16.1. The zero-order chi connectivity index (χ0) is 14.2. The van der Waals surface area contributed by atoms with Crippen molar-refractivity contribution in [2.45, 2.75) is 40.7 Å². The van der Waals surface area contributed by atoms with E-state index in [1.165, 1.54) is 0 Å². The standard InChI is InChI=1S/C15H21N3O/c1-5-12-14(16)15(19)18(17(12)6-2)13-9-10(3)7-8-11(13)4/h7-9H,5-6,16H2,1-4H3. The molecule has 0 unspecified atom stereocenters. The SMILES string of the molecule is CCc1c(N)c(=O)n(-c2cc(C)ccc2C)n1CC. The monoisotopic (exact) mass is 259 g/mol. The van der Waals surface area contributed by atoms with Crippen LogP contribution in [0.3, 0.4) is 0 Å². The molecule has 1 aromatic carbocycles. The van der Waals surface area contributed by atoms with Gasteiger partial charge in [-0.1, -0.05) is 19.1 Å². The van der Waals surface area contributed by atoms with Gasteiger partial charge in [0, 0.05) is 6.54 Å². The van der Waals surface area contributed by atoms with Gasteiger partial charge in [-0.25, -0.2) is 4.68 Å². The minimum Gasteiger partial charge on any atom is -0.393 e. The third-order valence-electron chi connectivity index (χ3n) is 3.51. The van der Waals surface area contributed by atoms with Crippen molar-refractivity contribution in [2.24, 2.45) is 0 Å². The summed E-state index contributed by atoms with van der Waals surface area (Å²) in [7, 11) is 0. The smallest absolute Gasteiger partial charge is 0.294 e. The topological polar surface area (TPSA) is 53.0 Å². The van der Waals surface area contributed by atoms with Gasteiger partial charge in [-0.2, -0.15) is 0 Å². The molecule has 4 heteroatoms. The molecule has 2 aromatic rings. The Morgan fingerprint density at radius 3 is 2.47 bits per heavy atom. The Hall–Kier alpha value is -1.97. The zero-order valence-electron chi connectivity index (χ0n) is 12.0. The lowest BCUT2D eigenvalue weighted by atomic mass is 10.1. The van der Waals surface area contributed by atoms with Crippen LogP contribution in [-0.4, -0.2) is 9.36 Å². The lowest BCUT2D eigenvalue weighted by molar-refractivity contribution is 0.549. The maximum atomic E-state index is 12.4. The van der Waals surface area contributed by atoms with Gasteiger partial charge in [-0.3, -0.25) is 9.48 Å². The van der Waals surface area contributed by atoms with Gasteiger partial charge in [-0.15, -0.1) is 0 Å². The number of hydrogen-bond acceptors (Lipinski definition) is 2. The van der Waals surface area contributed by atoms with Gasteiger partial charge >= 0.3 is 0 Å². The second-order valence-corrected chi connectivity index (χ2v) is 4.84. The molecule has 1 aromatic heterocycles. The van der Waals surface area contributed by atoms with Crippen molar-refractivity contribution in [3.05, 3.63) is 45.4 Å². The molecule has 19 heavy (non-hydrogen) atoms. The number of rotatable bonds is 3. The number of hydrogen-bond donors (Lipinski definition) is 1. The average molecular weight is 259 g/mol. The molecule has 4 nitrogen and oxygen atoms in total. The lowest BCUT2D eigenvalue weighted by Gasteiger charge is -2.14. The van der Waals surface area contributed by atoms with Crippen LogP contribution < -0.4 is 11.3 Å². The van der Waals surface area contributed by atoms with E-state index in [0.717, 1.165) is 35.5 Å². The third kappa shape index (κ3) is 2.07. The van der Waals surface area contributed by atoms with Crippen LogP contribution >= 0.6 is 0 Å². The number of nitrogens with zero attached hydrogens (tertiary/aromatic N) is 2. The first-order valence-corrected chi connectivity index (χ1v) is 6.69. The van der Waals surface area contributed by atoms with Gasteiger partial charge in [0.15, 0.2) is 0 Å². The third-order valence-corrected chi connectivity index (χ3v) is 3.51. The second-order valence-electron chi connectivity index (χ2n) is 4.84. The summed E-state index contributed by atoms with van der Waals surface area (Å²) in [6.45, 7) is 8.81. The molecule has 102 valence electrons. The van der Waals surface area contributed by atoms with Crippen LogP contribution in [0.2, 0.25) is 0 Å². The highest BCUT2D eigenvalue weighted by Crippen LogP contribution is 2.18. The number of anilines is 1. The van der Waals surface area contributed by atoms with Crippen LogP contribution in [0.25, 0.3) is 5.69 Å². The summed E-state index contributed by atoms with van der Waals surface area (Å²) >= 11 is 0. The van der Waals surface area contributed by atoms with Gasteiger partial charge in [-0.05, 0) is 44.4 Å². The number of nitrogen functional groups attached to an aromatic ring is 1. The van der Waals surface area contributed by atoms with Crippen molar-refractivity contribution in [1.29, 1.82) is 0 Å². The average Bonchev–Trinajstić information content (AvgIpc) is 2.64. The van der Waals surface area contributed by atoms with Gasteiger partial charge in [0.25, 0.3) is 5.56 Å². The van der Waals surface area contributed by atoms with Crippen LogP contribution in [0.5, 0.6) is 0 Å². The first-order valence-electron chi connectivity index (χ1n) is 6.69. The molecule has 0 spiro atoms. The summed E-state index contributed by atoms with van der Waals surface area (Å²) in [4.78, 5) is 12.4. The molecule has 0 aliphatic rings.